The molecule has 1 aliphatic heterocycles. The molecule has 1 fully saturated rings. The minimum atomic E-state index is 0.516. The van der Waals surface area contributed by atoms with Crippen molar-refractivity contribution in [2.24, 2.45) is 0 Å². The topological polar surface area (TPSA) is 56.2 Å². The van der Waals surface area contributed by atoms with E-state index in [4.69, 9.17) is 9.51 Å². The number of thiazole rings is 1. The van der Waals surface area contributed by atoms with E-state index in [1.807, 2.05) is 41.7 Å². The Morgan fingerprint density at radius 3 is 2.78 bits per heavy atom. The lowest BCUT2D eigenvalue weighted by molar-refractivity contribution is -0.921. The van der Waals surface area contributed by atoms with Gasteiger partial charge >= 0.3 is 0 Å². The monoisotopic (exact) mass is 377 g/mol. The Hall–Kier alpha value is -2.57. The molecule has 1 unspecified atom stereocenters. The maximum absolute atomic E-state index is 5.52. The molecular formula is C21H21N4OS+. The number of likely N-dealkylation sites (tertiary alicyclic amines) is 1. The van der Waals surface area contributed by atoms with E-state index in [0.717, 1.165) is 30.7 Å². The quantitative estimate of drug-likeness (QED) is 0.593. The first-order chi connectivity index (χ1) is 13.3. The van der Waals surface area contributed by atoms with Crippen LogP contribution in [-0.4, -0.2) is 28.2 Å². The highest BCUT2D eigenvalue weighted by atomic mass is 32.1. The number of fused-ring (bicyclic) bond motifs is 1. The summed E-state index contributed by atoms with van der Waals surface area (Å²) in [6.45, 7) is 2.99. The van der Waals surface area contributed by atoms with Crippen molar-refractivity contribution < 1.29 is 9.42 Å². The highest BCUT2D eigenvalue weighted by molar-refractivity contribution is 7.18. The van der Waals surface area contributed by atoms with Crippen molar-refractivity contribution in [2.75, 3.05) is 13.1 Å². The number of aromatic nitrogens is 3. The summed E-state index contributed by atoms with van der Waals surface area (Å²) in [6.07, 6.45) is 2.41. The van der Waals surface area contributed by atoms with Crippen LogP contribution in [0.1, 0.15) is 29.7 Å². The van der Waals surface area contributed by atoms with Crippen LogP contribution < -0.4 is 4.90 Å². The number of benzene rings is 2. The van der Waals surface area contributed by atoms with Crippen LogP contribution in [-0.2, 0) is 6.54 Å². The van der Waals surface area contributed by atoms with Gasteiger partial charge in [-0.25, -0.2) is 4.98 Å². The Morgan fingerprint density at radius 1 is 1.04 bits per heavy atom. The number of para-hydroxylation sites is 1. The van der Waals surface area contributed by atoms with E-state index < -0.39 is 0 Å². The van der Waals surface area contributed by atoms with Crippen molar-refractivity contribution in [1.82, 2.24) is 15.1 Å². The molecule has 0 saturated carbocycles. The highest BCUT2D eigenvalue weighted by Gasteiger charge is 2.28. The number of hydrogen-bond acceptors (Lipinski definition) is 5. The lowest BCUT2D eigenvalue weighted by Gasteiger charge is -2.27. The molecule has 2 aromatic carbocycles. The first kappa shape index (κ1) is 16.6. The summed E-state index contributed by atoms with van der Waals surface area (Å²) < 4.78 is 6.80. The lowest BCUT2D eigenvalue weighted by Crippen LogP contribution is -3.12. The predicted octanol–water partition coefficient (Wildman–Crippen LogP) is 3.31. The highest BCUT2D eigenvalue weighted by Crippen LogP contribution is 2.30. The van der Waals surface area contributed by atoms with Crippen molar-refractivity contribution in [2.45, 2.75) is 25.3 Å². The van der Waals surface area contributed by atoms with Crippen LogP contribution in [0, 0.1) is 0 Å². The third kappa shape index (κ3) is 3.50. The van der Waals surface area contributed by atoms with Gasteiger partial charge in [0, 0.05) is 5.56 Å². The van der Waals surface area contributed by atoms with E-state index in [2.05, 4.69) is 34.4 Å². The summed E-state index contributed by atoms with van der Waals surface area (Å²) in [5, 5.41) is 5.42. The second-order valence-electron chi connectivity index (χ2n) is 7.12. The van der Waals surface area contributed by atoms with Gasteiger partial charge in [0.05, 0.1) is 29.2 Å². The molecule has 4 aromatic rings. The predicted molar refractivity (Wildman–Crippen MR) is 106 cm³/mol. The van der Waals surface area contributed by atoms with Gasteiger partial charge in [-0.15, -0.1) is 11.3 Å². The Balaban J connectivity index is 1.29. The first-order valence-corrected chi connectivity index (χ1v) is 10.2. The Bertz CT molecular complexity index is 1010. The summed E-state index contributed by atoms with van der Waals surface area (Å²) >= 11 is 1.84. The van der Waals surface area contributed by atoms with E-state index in [1.165, 1.54) is 27.4 Å². The van der Waals surface area contributed by atoms with Crippen LogP contribution in [0.15, 0.2) is 59.1 Å². The Labute approximate surface area is 161 Å². The SMILES string of the molecule is c1ccc(-c2noc(C[NH+]3CCC[C@H](c4nc5ccccc5s4)C3)n2)cc1. The molecule has 136 valence electrons. The smallest absolute Gasteiger partial charge is 0.282 e. The average Bonchev–Trinajstić information content (AvgIpc) is 3.36. The van der Waals surface area contributed by atoms with Gasteiger partial charge in [-0.05, 0) is 25.0 Å². The number of nitrogens with one attached hydrogen (secondary N) is 1. The van der Waals surface area contributed by atoms with Crippen LogP contribution >= 0.6 is 11.3 Å². The van der Waals surface area contributed by atoms with Crippen molar-refractivity contribution in [3.05, 3.63) is 65.5 Å². The van der Waals surface area contributed by atoms with E-state index in [0.29, 0.717) is 17.6 Å². The zero-order valence-corrected chi connectivity index (χ0v) is 15.8. The second kappa shape index (κ2) is 7.21. The average molecular weight is 377 g/mol. The fraction of sp³-hybridized carbons (Fsp3) is 0.286. The molecular weight excluding hydrogens is 356 g/mol. The molecule has 6 heteroatoms. The van der Waals surface area contributed by atoms with E-state index >= 15 is 0 Å². The molecule has 3 heterocycles. The molecule has 1 saturated heterocycles. The fourth-order valence-electron chi connectivity index (χ4n) is 3.83. The van der Waals surface area contributed by atoms with Crippen molar-refractivity contribution >= 4 is 21.6 Å². The number of rotatable bonds is 4. The number of piperidine rings is 1. The molecule has 0 radical (unpaired) electrons. The second-order valence-corrected chi connectivity index (χ2v) is 8.18. The molecule has 5 nitrogen and oxygen atoms in total. The van der Waals surface area contributed by atoms with Gasteiger partial charge in [-0.3, -0.25) is 0 Å². The molecule has 27 heavy (non-hydrogen) atoms. The van der Waals surface area contributed by atoms with Gasteiger partial charge < -0.3 is 9.42 Å². The number of quaternary nitrogens is 1. The Kier molecular flexibility index (Phi) is 4.43. The number of hydrogen-bond donors (Lipinski definition) is 1. The number of nitrogens with zero attached hydrogens (tertiary/aromatic N) is 3. The maximum Gasteiger partial charge on any atom is 0.282 e. The third-order valence-corrected chi connectivity index (χ3v) is 6.38. The minimum absolute atomic E-state index is 0.516. The molecule has 0 spiro atoms. The van der Waals surface area contributed by atoms with E-state index in [9.17, 15) is 0 Å². The summed E-state index contributed by atoms with van der Waals surface area (Å²) in [5.41, 5.74) is 2.11. The molecule has 5 rings (SSSR count). The van der Waals surface area contributed by atoms with Gasteiger partial charge in [-0.2, -0.15) is 4.98 Å². The molecule has 1 aliphatic rings. The van der Waals surface area contributed by atoms with Crippen LogP contribution in [0.4, 0.5) is 0 Å². The summed E-state index contributed by atoms with van der Waals surface area (Å²) in [6, 6.07) is 18.4. The summed E-state index contributed by atoms with van der Waals surface area (Å²) in [7, 11) is 0. The molecule has 1 N–H and O–H groups in total. The van der Waals surface area contributed by atoms with Crippen molar-refractivity contribution in [3.63, 3.8) is 0 Å². The fourth-order valence-corrected chi connectivity index (χ4v) is 4.93. The normalized spacial score (nSPS) is 20.1. The lowest BCUT2D eigenvalue weighted by atomic mass is 9.99. The zero-order valence-electron chi connectivity index (χ0n) is 15.0. The van der Waals surface area contributed by atoms with Crippen LogP contribution in [0.3, 0.4) is 0 Å². The van der Waals surface area contributed by atoms with E-state index in [-0.39, 0.29) is 0 Å². The van der Waals surface area contributed by atoms with Gasteiger partial charge in [0.2, 0.25) is 5.82 Å². The van der Waals surface area contributed by atoms with Gasteiger partial charge in [0.1, 0.15) is 5.01 Å². The minimum Gasteiger partial charge on any atom is -0.333 e. The van der Waals surface area contributed by atoms with Gasteiger partial charge in [0.25, 0.3) is 5.89 Å². The zero-order chi connectivity index (χ0) is 18.1. The molecule has 0 bridgehead atoms. The summed E-state index contributed by atoms with van der Waals surface area (Å²) in [5.74, 6) is 1.90. The third-order valence-electron chi connectivity index (χ3n) is 5.18. The maximum atomic E-state index is 5.52. The van der Waals surface area contributed by atoms with Gasteiger partial charge in [-0.1, -0.05) is 47.6 Å². The molecule has 0 aliphatic carbocycles. The summed E-state index contributed by atoms with van der Waals surface area (Å²) in [4.78, 5) is 11.0. The largest absolute Gasteiger partial charge is 0.333 e. The Morgan fingerprint density at radius 2 is 1.89 bits per heavy atom. The first-order valence-electron chi connectivity index (χ1n) is 9.42. The van der Waals surface area contributed by atoms with Crippen LogP contribution in [0.2, 0.25) is 0 Å². The van der Waals surface area contributed by atoms with Crippen molar-refractivity contribution in [1.29, 1.82) is 0 Å². The van der Waals surface area contributed by atoms with Crippen LogP contribution in [0.25, 0.3) is 21.6 Å². The standard InChI is InChI=1S/C21H20N4OS/c1-2-7-15(8-3-1)20-23-19(26-24-20)14-25-12-6-9-16(13-25)21-22-17-10-4-5-11-18(17)27-21/h1-5,7-8,10-11,16H,6,9,12-14H2/p+1/t16-/m0/s1. The molecule has 2 atom stereocenters. The van der Waals surface area contributed by atoms with Crippen molar-refractivity contribution in [3.8, 4) is 11.4 Å². The van der Waals surface area contributed by atoms with E-state index in [1.54, 1.807) is 0 Å². The molecule has 0 amide bonds. The van der Waals surface area contributed by atoms with Gasteiger partial charge in [0.15, 0.2) is 6.54 Å². The van der Waals surface area contributed by atoms with Crippen LogP contribution in [0.5, 0.6) is 0 Å². The molecule has 2 aromatic heterocycles.